The molecule has 0 bridgehead atoms. The number of phosphoric ester groups is 1. The summed E-state index contributed by atoms with van der Waals surface area (Å²) in [6, 6.07) is -0.861. The van der Waals surface area contributed by atoms with Crippen LogP contribution in [0.5, 0.6) is 0 Å². The minimum atomic E-state index is -4.35. The third-order valence-electron chi connectivity index (χ3n) is 13.1. The van der Waals surface area contributed by atoms with Gasteiger partial charge in [-0.1, -0.05) is 249 Å². The van der Waals surface area contributed by atoms with Gasteiger partial charge in [0.1, 0.15) is 13.2 Å². The van der Waals surface area contributed by atoms with Gasteiger partial charge in [-0.05, 0) is 57.8 Å². The van der Waals surface area contributed by atoms with Crippen LogP contribution in [-0.2, 0) is 18.4 Å². The SMILES string of the molecule is CCCCCCCCCC/C=C\CCCCCCCCCCCCCCCCCCCC(=O)NC(COP(=O)(O)OCC[N+](C)(C)C)C(O)/C=C/CC/C=C/CCCCCCCCCCCC. The predicted molar refractivity (Wildman–Crippen MR) is 291 cm³/mol. The number of aliphatic hydroxyl groups excluding tert-OH is 1. The highest BCUT2D eigenvalue weighted by atomic mass is 31.2. The van der Waals surface area contributed by atoms with Crippen molar-refractivity contribution in [2.75, 3.05) is 40.9 Å². The van der Waals surface area contributed by atoms with Crippen LogP contribution >= 0.6 is 7.82 Å². The number of unbranched alkanes of at least 4 members (excludes halogenated alkanes) is 36. The Kier molecular flexibility index (Phi) is 48.7. The van der Waals surface area contributed by atoms with Gasteiger partial charge in [-0.3, -0.25) is 13.8 Å². The Morgan fingerprint density at radius 2 is 0.821 bits per heavy atom. The van der Waals surface area contributed by atoms with Crippen molar-refractivity contribution in [3.8, 4) is 0 Å². The molecule has 0 heterocycles. The van der Waals surface area contributed by atoms with E-state index in [1.165, 1.54) is 218 Å². The molecule has 1 amide bonds. The molecule has 0 aliphatic carbocycles. The average molecular weight is 967 g/mol. The number of rotatable bonds is 53. The van der Waals surface area contributed by atoms with Gasteiger partial charge >= 0.3 is 7.82 Å². The summed E-state index contributed by atoms with van der Waals surface area (Å²) < 4.78 is 23.7. The molecule has 0 aromatic carbocycles. The smallest absolute Gasteiger partial charge is 0.387 e. The second-order valence-corrected chi connectivity index (χ2v) is 22.5. The number of carbonyl (C=O) groups is 1. The second-order valence-electron chi connectivity index (χ2n) is 21.0. The third-order valence-corrected chi connectivity index (χ3v) is 14.1. The summed E-state index contributed by atoms with van der Waals surface area (Å²) in [7, 11) is 1.56. The van der Waals surface area contributed by atoms with Crippen LogP contribution in [0.3, 0.4) is 0 Å². The van der Waals surface area contributed by atoms with Crippen LogP contribution < -0.4 is 5.32 Å². The summed E-state index contributed by atoms with van der Waals surface area (Å²) in [6.45, 7) is 4.82. The molecule has 0 aliphatic rings. The van der Waals surface area contributed by atoms with Gasteiger partial charge in [-0.2, -0.15) is 0 Å². The molecule has 0 fully saturated rings. The van der Waals surface area contributed by atoms with E-state index in [1.54, 1.807) is 6.08 Å². The molecule has 8 nitrogen and oxygen atoms in total. The van der Waals surface area contributed by atoms with Gasteiger partial charge in [-0.15, -0.1) is 0 Å². The van der Waals surface area contributed by atoms with E-state index >= 15 is 0 Å². The van der Waals surface area contributed by atoms with E-state index < -0.39 is 20.0 Å². The molecule has 67 heavy (non-hydrogen) atoms. The van der Waals surface area contributed by atoms with Crippen molar-refractivity contribution in [2.24, 2.45) is 0 Å². The number of aliphatic hydroxyl groups is 1. The minimum absolute atomic E-state index is 0.0574. The van der Waals surface area contributed by atoms with Crippen molar-refractivity contribution >= 4 is 13.7 Å². The van der Waals surface area contributed by atoms with E-state index in [2.05, 4.69) is 43.5 Å². The summed E-state index contributed by atoms with van der Waals surface area (Å²) >= 11 is 0. The molecule has 3 atom stereocenters. The summed E-state index contributed by atoms with van der Waals surface area (Å²) in [4.78, 5) is 23.3. The number of phosphoric acid groups is 1. The Hall–Kier alpha value is -1.28. The van der Waals surface area contributed by atoms with Gasteiger partial charge in [0.05, 0.1) is 39.9 Å². The Labute approximate surface area is 417 Å². The number of likely N-dealkylation sites (N-methyl/N-ethyl adjacent to an activating group) is 1. The van der Waals surface area contributed by atoms with Crippen LogP contribution in [0.25, 0.3) is 0 Å². The molecule has 0 spiro atoms. The summed E-state index contributed by atoms with van der Waals surface area (Å²) in [5, 5.41) is 13.9. The van der Waals surface area contributed by atoms with Gasteiger partial charge in [0, 0.05) is 6.42 Å². The number of allylic oxidation sites excluding steroid dienone is 5. The fourth-order valence-electron chi connectivity index (χ4n) is 8.53. The number of carbonyl (C=O) groups excluding carboxylic acids is 1. The van der Waals surface area contributed by atoms with Crippen molar-refractivity contribution in [1.82, 2.24) is 5.32 Å². The number of hydrogen-bond donors (Lipinski definition) is 3. The first-order chi connectivity index (χ1) is 32.5. The fraction of sp³-hybridized carbons (Fsp3) is 0.879. The highest BCUT2D eigenvalue weighted by Gasteiger charge is 2.27. The average Bonchev–Trinajstić information content (AvgIpc) is 3.29. The molecule has 9 heteroatoms. The first kappa shape index (κ1) is 65.7. The van der Waals surface area contributed by atoms with Crippen LogP contribution in [0.4, 0.5) is 0 Å². The van der Waals surface area contributed by atoms with Crippen molar-refractivity contribution in [3.05, 3.63) is 36.5 Å². The zero-order chi connectivity index (χ0) is 49.2. The molecule has 396 valence electrons. The molecule has 0 rings (SSSR count). The maximum atomic E-state index is 13.0. The molecule has 0 aromatic heterocycles. The Morgan fingerprint density at radius 3 is 1.19 bits per heavy atom. The van der Waals surface area contributed by atoms with Crippen molar-refractivity contribution in [2.45, 2.75) is 289 Å². The molecule has 0 aromatic rings. The van der Waals surface area contributed by atoms with Crippen LogP contribution in [-0.4, -0.2) is 73.4 Å². The minimum Gasteiger partial charge on any atom is -0.387 e. The number of amides is 1. The lowest BCUT2D eigenvalue weighted by molar-refractivity contribution is -0.870. The summed E-state index contributed by atoms with van der Waals surface area (Å²) in [6.07, 6.45) is 64.0. The van der Waals surface area contributed by atoms with E-state index in [0.29, 0.717) is 17.4 Å². The lowest BCUT2D eigenvalue weighted by atomic mass is 10.0. The first-order valence-electron chi connectivity index (χ1n) is 28.9. The lowest BCUT2D eigenvalue weighted by Gasteiger charge is -2.25. The number of quaternary nitrogens is 1. The zero-order valence-electron chi connectivity index (χ0n) is 45.2. The standard InChI is InChI=1S/C58H113N2O6P/c1-6-8-10-12-14-16-18-20-22-24-25-26-27-28-29-30-31-32-33-34-35-36-38-40-42-44-46-48-50-52-58(62)59-56(55-66-67(63,64)65-54-53-60(3,4)5)57(61)51-49-47-45-43-41-39-37-23-21-19-17-15-13-11-9-7-2/h24-25,41,43,49,51,56-57,61H,6-23,26-40,42,44-48,50,52-55H2,1-5H3,(H-,59,62,63,64)/p+1/b25-24-,43-41+,51-49+. The van der Waals surface area contributed by atoms with Gasteiger partial charge in [0.25, 0.3) is 0 Å². The Bertz CT molecular complexity index is 1190. The van der Waals surface area contributed by atoms with E-state index in [-0.39, 0.29) is 19.1 Å². The monoisotopic (exact) mass is 966 g/mol. The van der Waals surface area contributed by atoms with Crippen molar-refractivity contribution in [3.63, 3.8) is 0 Å². The quantitative estimate of drug-likeness (QED) is 0.0243. The number of nitrogens with one attached hydrogen (secondary N) is 1. The maximum Gasteiger partial charge on any atom is 0.472 e. The Morgan fingerprint density at radius 1 is 0.493 bits per heavy atom. The zero-order valence-corrected chi connectivity index (χ0v) is 46.0. The molecule has 3 unspecified atom stereocenters. The molecule has 0 aliphatic heterocycles. The third kappa shape index (κ3) is 52.4. The topological polar surface area (TPSA) is 105 Å². The van der Waals surface area contributed by atoms with Gasteiger partial charge < -0.3 is 19.8 Å². The summed E-state index contributed by atoms with van der Waals surface area (Å²) in [5.41, 5.74) is 0. The summed E-state index contributed by atoms with van der Waals surface area (Å²) in [5.74, 6) is -0.183. The highest BCUT2D eigenvalue weighted by Crippen LogP contribution is 2.43. The number of hydrogen-bond acceptors (Lipinski definition) is 5. The van der Waals surface area contributed by atoms with E-state index in [0.717, 1.165) is 38.5 Å². The van der Waals surface area contributed by atoms with E-state index in [4.69, 9.17) is 9.05 Å². The van der Waals surface area contributed by atoms with Crippen LogP contribution in [0.15, 0.2) is 36.5 Å². The second kappa shape index (κ2) is 49.7. The lowest BCUT2D eigenvalue weighted by Crippen LogP contribution is -2.45. The molecule has 0 saturated carbocycles. The highest BCUT2D eigenvalue weighted by molar-refractivity contribution is 7.47. The molecule has 0 saturated heterocycles. The normalized spacial score (nSPS) is 14.2. The predicted octanol–water partition coefficient (Wildman–Crippen LogP) is 17.4. The van der Waals surface area contributed by atoms with Crippen molar-refractivity contribution in [1.29, 1.82) is 0 Å². The van der Waals surface area contributed by atoms with E-state index in [1.807, 2.05) is 27.2 Å². The maximum absolute atomic E-state index is 13.0. The molecule has 0 radical (unpaired) electrons. The van der Waals surface area contributed by atoms with Crippen LogP contribution in [0.1, 0.15) is 277 Å². The molecule has 3 N–H and O–H groups in total. The van der Waals surface area contributed by atoms with Crippen LogP contribution in [0, 0.1) is 0 Å². The van der Waals surface area contributed by atoms with Gasteiger partial charge in [0.2, 0.25) is 5.91 Å². The van der Waals surface area contributed by atoms with E-state index in [9.17, 15) is 19.4 Å². The fourth-order valence-corrected chi connectivity index (χ4v) is 9.26. The van der Waals surface area contributed by atoms with Crippen LogP contribution in [0.2, 0.25) is 0 Å². The largest absolute Gasteiger partial charge is 0.472 e. The number of nitrogens with zero attached hydrogens (tertiary/aromatic N) is 1. The molecular formula is C58H114N2O6P+. The van der Waals surface area contributed by atoms with Gasteiger partial charge in [-0.25, -0.2) is 4.57 Å². The molecular weight excluding hydrogens is 852 g/mol. The van der Waals surface area contributed by atoms with Crippen molar-refractivity contribution < 1.29 is 32.9 Å². The van der Waals surface area contributed by atoms with Gasteiger partial charge in [0.15, 0.2) is 0 Å². The first-order valence-corrected chi connectivity index (χ1v) is 30.4. The Balaban J connectivity index is 4.13.